The van der Waals surface area contributed by atoms with Gasteiger partial charge in [-0.05, 0) is 49.4 Å². The molecule has 2 N–H and O–H groups in total. The van der Waals surface area contributed by atoms with Gasteiger partial charge in [0, 0.05) is 31.1 Å². The predicted octanol–water partition coefficient (Wildman–Crippen LogP) is 3.66. The number of nitrogens with zero attached hydrogens (tertiary/aromatic N) is 1. The van der Waals surface area contributed by atoms with E-state index >= 15 is 0 Å². The minimum atomic E-state index is 0.0183. The molecule has 0 aromatic heterocycles. The number of benzene rings is 1. The number of carbonyl (C=O) groups excluding carboxylic acids is 2. The standard InChI is InChI=1S/C23H34N2O4/c26-15-14-25(19-7-4-2-1-3-5-8-19)23(28)9-6-16-29-20-11-12-21-18(17-20)10-13-22(27)24-21/h11-12,17,19,26H,1-10,13-16H2,(H,24,27). The summed E-state index contributed by atoms with van der Waals surface area (Å²) in [6.45, 7) is 0.930. The highest BCUT2D eigenvalue weighted by Crippen LogP contribution is 2.27. The summed E-state index contributed by atoms with van der Waals surface area (Å²) < 4.78 is 5.84. The van der Waals surface area contributed by atoms with E-state index in [0.717, 1.165) is 36.3 Å². The smallest absolute Gasteiger partial charge is 0.224 e. The molecule has 160 valence electrons. The fourth-order valence-corrected chi connectivity index (χ4v) is 4.37. The van der Waals surface area contributed by atoms with Crippen molar-refractivity contribution in [3.63, 3.8) is 0 Å². The molecular weight excluding hydrogens is 368 g/mol. The molecule has 2 aliphatic rings. The molecule has 1 saturated carbocycles. The Balaban J connectivity index is 1.45. The zero-order valence-electron chi connectivity index (χ0n) is 17.3. The van der Waals surface area contributed by atoms with Crippen LogP contribution in [-0.2, 0) is 16.0 Å². The number of ether oxygens (including phenoxy) is 1. The van der Waals surface area contributed by atoms with Gasteiger partial charge in [0.1, 0.15) is 5.75 Å². The van der Waals surface area contributed by atoms with Gasteiger partial charge in [0.25, 0.3) is 0 Å². The largest absolute Gasteiger partial charge is 0.494 e. The number of aryl methyl sites for hydroxylation is 1. The maximum absolute atomic E-state index is 12.8. The van der Waals surface area contributed by atoms with Crippen LogP contribution in [0.15, 0.2) is 18.2 Å². The van der Waals surface area contributed by atoms with E-state index in [-0.39, 0.29) is 24.5 Å². The Labute approximate surface area is 173 Å². The number of anilines is 1. The Hall–Kier alpha value is -2.08. The van der Waals surface area contributed by atoms with E-state index in [1.165, 1.54) is 32.1 Å². The van der Waals surface area contributed by atoms with Gasteiger partial charge in [0.05, 0.1) is 13.2 Å². The molecule has 1 aromatic carbocycles. The average molecular weight is 403 g/mol. The van der Waals surface area contributed by atoms with E-state index in [0.29, 0.717) is 32.4 Å². The molecule has 1 aliphatic carbocycles. The van der Waals surface area contributed by atoms with E-state index in [9.17, 15) is 14.7 Å². The van der Waals surface area contributed by atoms with Crippen LogP contribution in [0.4, 0.5) is 5.69 Å². The first-order chi connectivity index (χ1) is 14.2. The molecule has 0 bridgehead atoms. The van der Waals surface area contributed by atoms with Gasteiger partial charge in [-0.3, -0.25) is 9.59 Å². The fourth-order valence-electron chi connectivity index (χ4n) is 4.37. The van der Waals surface area contributed by atoms with Gasteiger partial charge in [0.2, 0.25) is 11.8 Å². The van der Waals surface area contributed by atoms with E-state index in [1.54, 1.807) is 0 Å². The first-order valence-corrected chi connectivity index (χ1v) is 11.1. The lowest BCUT2D eigenvalue weighted by atomic mass is 9.95. The molecule has 1 fully saturated rings. The molecule has 6 heteroatoms. The zero-order chi connectivity index (χ0) is 20.5. The maximum Gasteiger partial charge on any atom is 0.224 e. The van der Waals surface area contributed by atoms with Crippen LogP contribution in [0.25, 0.3) is 0 Å². The summed E-state index contributed by atoms with van der Waals surface area (Å²) in [7, 11) is 0. The minimum Gasteiger partial charge on any atom is -0.494 e. The molecule has 6 nitrogen and oxygen atoms in total. The number of hydrogen-bond acceptors (Lipinski definition) is 4. The Bertz CT molecular complexity index is 683. The van der Waals surface area contributed by atoms with E-state index in [4.69, 9.17) is 4.74 Å². The third kappa shape index (κ3) is 6.46. The van der Waals surface area contributed by atoms with Crippen molar-refractivity contribution in [3.8, 4) is 5.75 Å². The quantitative estimate of drug-likeness (QED) is 0.651. The third-order valence-electron chi connectivity index (χ3n) is 5.95. The predicted molar refractivity (Wildman–Crippen MR) is 113 cm³/mol. The fraction of sp³-hybridized carbons (Fsp3) is 0.652. The molecule has 0 atom stereocenters. The van der Waals surface area contributed by atoms with Crippen molar-refractivity contribution in [1.29, 1.82) is 0 Å². The Kier molecular flexibility index (Phi) is 8.35. The molecule has 0 unspecified atom stereocenters. The van der Waals surface area contributed by atoms with Gasteiger partial charge in [0.15, 0.2) is 0 Å². The zero-order valence-corrected chi connectivity index (χ0v) is 17.3. The van der Waals surface area contributed by atoms with Crippen LogP contribution in [0.3, 0.4) is 0 Å². The summed E-state index contributed by atoms with van der Waals surface area (Å²) in [4.78, 5) is 26.1. The monoisotopic (exact) mass is 402 g/mol. The molecule has 29 heavy (non-hydrogen) atoms. The summed E-state index contributed by atoms with van der Waals surface area (Å²) >= 11 is 0. The van der Waals surface area contributed by atoms with Crippen LogP contribution in [0, 0.1) is 0 Å². The second-order valence-electron chi connectivity index (χ2n) is 8.13. The number of amides is 2. The molecule has 0 spiro atoms. The highest BCUT2D eigenvalue weighted by atomic mass is 16.5. The lowest BCUT2D eigenvalue weighted by Gasteiger charge is -2.33. The second kappa shape index (κ2) is 11.2. The minimum absolute atomic E-state index is 0.0183. The number of aliphatic hydroxyl groups is 1. The van der Waals surface area contributed by atoms with Crippen LogP contribution in [0.1, 0.15) is 69.8 Å². The number of fused-ring (bicyclic) bond motifs is 1. The first-order valence-electron chi connectivity index (χ1n) is 11.1. The van der Waals surface area contributed by atoms with Crippen molar-refractivity contribution in [2.75, 3.05) is 25.1 Å². The van der Waals surface area contributed by atoms with Crippen LogP contribution in [0.2, 0.25) is 0 Å². The molecular formula is C23H34N2O4. The van der Waals surface area contributed by atoms with Gasteiger partial charge in [-0.25, -0.2) is 0 Å². The highest BCUT2D eigenvalue weighted by molar-refractivity contribution is 5.94. The molecule has 2 amide bonds. The average Bonchev–Trinajstić information content (AvgIpc) is 2.69. The highest BCUT2D eigenvalue weighted by Gasteiger charge is 2.23. The van der Waals surface area contributed by atoms with Crippen LogP contribution < -0.4 is 10.1 Å². The van der Waals surface area contributed by atoms with Crippen LogP contribution in [-0.4, -0.2) is 47.6 Å². The van der Waals surface area contributed by atoms with Gasteiger partial charge in [-0.2, -0.15) is 0 Å². The Morgan fingerprint density at radius 1 is 1.14 bits per heavy atom. The number of nitrogens with one attached hydrogen (secondary N) is 1. The number of rotatable bonds is 8. The van der Waals surface area contributed by atoms with Gasteiger partial charge < -0.3 is 20.1 Å². The summed E-state index contributed by atoms with van der Waals surface area (Å²) in [5, 5.41) is 12.3. The van der Waals surface area contributed by atoms with Crippen LogP contribution >= 0.6 is 0 Å². The van der Waals surface area contributed by atoms with Crippen LogP contribution in [0.5, 0.6) is 5.75 Å². The summed E-state index contributed by atoms with van der Waals surface area (Å²) in [5.41, 5.74) is 1.96. The third-order valence-corrected chi connectivity index (χ3v) is 5.95. The van der Waals surface area contributed by atoms with Crippen molar-refractivity contribution >= 4 is 17.5 Å². The lowest BCUT2D eigenvalue weighted by molar-refractivity contribution is -0.134. The normalized spacial score (nSPS) is 17.6. The molecule has 1 heterocycles. The Morgan fingerprint density at radius 2 is 1.90 bits per heavy atom. The first kappa shape index (κ1) is 21.6. The van der Waals surface area contributed by atoms with Gasteiger partial charge in [-0.1, -0.05) is 32.1 Å². The number of carbonyl (C=O) groups is 2. The van der Waals surface area contributed by atoms with E-state index < -0.39 is 0 Å². The van der Waals surface area contributed by atoms with Gasteiger partial charge >= 0.3 is 0 Å². The van der Waals surface area contributed by atoms with Crippen molar-refractivity contribution in [3.05, 3.63) is 23.8 Å². The van der Waals surface area contributed by atoms with Crippen molar-refractivity contribution in [2.24, 2.45) is 0 Å². The summed E-state index contributed by atoms with van der Waals surface area (Å²) in [6, 6.07) is 5.98. The molecule has 3 rings (SSSR count). The lowest BCUT2D eigenvalue weighted by Crippen LogP contribution is -2.42. The van der Waals surface area contributed by atoms with Gasteiger partial charge in [-0.15, -0.1) is 0 Å². The number of aliphatic hydroxyl groups excluding tert-OH is 1. The second-order valence-corrected chi connectivity index (χ2v) is 8.13. The topological polar surface area (TPSA) is 78.9 Å². The number of hydrogen-bond donors (Lipinski definition) is 2. The maximum atomic E-state index is 12.8. The Morgan fingerprint density at radius 3 is 2.66 bits per heavy atom. The summed E-state index contributed by atoms with van der Waals surface area (Å²) in [6.07, 6.45) is 10.6. The molecule has 1 aliphatic heterocycles. The van der Waals surface area contributed by atoms with Crippen molar-refractivity contribution in [2.45, 2.75) is 76.7 Å². The molecule has 0 radical (unpaired) electrons. The van der Waals surface area contributed by atoms with E-state index in [1.807, 2.05) is 23.1 Å². The SMILES string of the molecule is O=C1CCc2cc(OCCCC(=O)N(CCO)C3CCCCCCC3)ccc2N1. The molecule has 0 saturated heterocycles. The van der Waals surface area contributed by atoms with E-state index in [2.05, 4.69) is 5.32 Å². The van der Waals surface area contributed by atoms with Crippen molar-refractivity contribution < 1.29 is 19.4 Å². The summed E-state index contributed by atoms with van der Waals surface area (Å²) in [5.74, 6) is 0.961. The molecule has 1 aromatic rings. The van der Waals surface area contributed by atoms with Crippen molar-refractivity contribution in [1.82, 2.24) is 4.90 Å².